The fourth-order valence-electron chi connectivity index (χ4n) is 4.69. The number of hydrogen-bond acceptors (Lipinski definition) is 5. The van der Waals surface area contributed by atoms with Crippen molar-refractivity contribution in [2.24, 2.45) is 5.92 Å². The number of amides is 1. The largest absolute Gasteiger partial charge is 0.360 e. The van der Waals surface area contributed by atoms with Gasteiger partial charge in [0.05, 0.1) is 0 Å². The van der Waals surface area contributed by atoms with E-state index in [-0.39, 0.29) is 22.1 Å². The highest BCUT2D eigenvalue weighted by Gasteiger charge is 2.40. The van der Waals surface area contributed by atoms with E-state index in [1.807, 2.05) is 18.2 Å². The molecule has 8 heteroatoms. The van der Waals surface area contributed by atoms with Crippen molar-refractivity contribution >= 4 is 15.9 Å². The SMILES string of the molecule is Cc1noc(C)c1S(=O)(=O)N1CCC(C(=O)NCC2(c3ccccc3)CCC2)CC1. The zero-order valence-corrected chi connectivity index (χ0v) is 18.4. The number of benzene rings is 1. The number of nitrogens with zero attached hydrogens (tertiary/aromatic N) is 2. The summed E-state index contributed by atoms with van der Waals surface area (Å²) in [6.07, 6.45) is 4.40. The zero-order chi connectivity index (χ0) is 21.4. The quantitative estimate of drug-likeness (QED) is 0.759. The van der Waals surface area contributed by atoms with E-state index in [1.54, 1.807) is 13.8 Å². The first-order valence-corrected chi connectivity index (χ1v) is 12.0. The average Bonchev–Trinajstić information content (AvgIpc) is 3.07. The fraction of sp³-hybridized carbons (Fsp3) is 0.545. The number of sulfonamides is 1. The van der Waals surface area contributed by atoms with Crippen LogP contribution in [-0.4, -0.2) is 43.4 Å². The summed E-state index contributed by atoms with van der Waals surface area (Å²) >= 11 is 0. The molecule has 30 heavy (non-hydrogen) atoms. The van der Waals surface area contributed by atoms with Crippen molar-refractivity contribution in [1.29, 1.82) is 0 Å². The molecule has 1 saturated carbocycles. The lowest BCUT2D eigenvalue weighted by molar-refractivity contribution is -0.126. The minimum atomic E-state index is -3.65. The Balaban J connectivity index is 1.35. The van der Waals surface area contributed by atoms with E-state index in [0.717, 1.165) is 12.8 Å². The van der Waals surface area contributed by atoms with Crippen molar-refractivity contribution in [2.75, 3.05) is 19.6 Å². The molecule has 0 unspecified atom stereocenters. The van der Waals surface area contributed by atoms with E-state index in [9.17, 15) is 13.2 Å². The molecular formula is C22H29N3O4S. The second kappa shape index (κ2) is 8.15. The van der Waals surface area contributed by atoms with Crippen LogP contribution in [0.1, 0.15) is 49.1 Å². The van der Waals surface area contributed by atoms with Gasteiger partial charge < -0.3 is 9.84 Å². The third-order valence-corrected chi connectivity index (χ3v) is 8.83. The summed E-state index contributed by atoms with van der Waals surface area (Å²) in [6.45, 7) is 4.54. The Labute approximate surface area is 177 Å². The molecule has 1 amide bonds. The maximum absolute atomic E-state index is 13.0. The van der Waals surface area contributed by atoms with Crippen LogP contribution in [-0.2, 0) is 20.2 Å². The Morgan fingerprint density at radius 3 is 2.40 bits per heavy atom. The van der Waals surface area contributed by atoms with Crippen molar-refractivity contribution in [3.05, 3.63) is 47.3 Å². The second-order valence-corrected chi connectivity index (χ2v) is 10.4. The normalized spacial score (nSPS) is 19.9. The molecule has 4 rings (SSSR count). The minimum Gasteiger partial charge on any atom is -0.360 e. The lowest BCUT2D eigenvalue weighted by Gasteiger charge is -2.43. The van der Waals surface area contributed by atoms with E-state index >= 15 is 0 Å². The number of carbonyl (C=O) groups excluding carboxylic acids is 1. The van der Waals surface area contributed by atoms with E-state index < -0.39 is 10.0 Å². The first-order chi connectivity index (χ1) is 14.3. The summed E-state index contributed by atoms with van der Waals surface area (Å²) in [5, 5.41) is 6.92. The van der Waals surface area contributed by atoms with Gasteiger partial charge in [0.25, 0.3) is 0 Å². The molecule has 0 spiro atoms. The topological polar surface area (TPSA) is 92.5 Å². The van der Waals surface area contributed by atoms with Gasteiger partial charge in [-0.05, 0) is 45.1 Å². The summed E-state index contributed by atoms with van der Waals surface area (Å²) in [5.74, 6) is 0.180. The molecule has 1 saturated heterocycles. The molecule has 0 atom stereocenters. The van der Waals surface area contributed by atoms with Gasteiger partial charge >= 0.3 is 0 Å². The molecule has 2 heterocycles. The smallest absolute Gasteiger partial charge is 0.248 e. The van der Waals surface area contributed by atoms with Crippen LogP contribution in [0.5, 0.6) is 0 Å². The molecule has 2 aromatic rings. The highest BCUT2D eigenvalue weighted by atomic mass is 32.2. The fourth-order valence-corrected chi connectivity index (χ4v) is 6.45. The van der Waals surface area contributed by atoms with Gasteiger partial charge in [0.15, 0.2) is 5.76 Å². The maximum Gasteiger partial charge on any atom is 0.248 e. The standard InChI is InChI=1S/C22H29N3O4S/c1-16-20(17(2)29-24-16)30(27,28)25-13-9-18(10-14-25)21(26)23-15-22(11-6-12-22)19-7-4-3-5-8-19/h3-5,7-8,18H,6,9-15H2,1-2H3,(H,23,26). The first-order valence-electron chi connectivity index (χ1n) is 10.6. The third kappa shape index (κ3) is 3.78. The van der Waals surface area contributed by atoms with Gasteiger partial charge in [-0.2, -0.15) is 4.31 Å². The van der Waals surface area contributed by atoms with Crippen LogP contribution in [0.25, 0.3) is 0 Å². The Kier molecular flexibility index (Phi) is 5.72. The predicted molar refractivity (Wildman–Crippen MR) is 112 cm³/mol. The Morgan fingerprint density at radius 2 is 1.87 bits per heavy atom. The van der Waals surface area contributed by atoms with Crippen molar-refractivity contribution in [3.63, 3.8) is 0 Å². The summed E-state index contributed by atoms with van der Waals surface area (Å²) in [4.78, 5) is 13.0. The molecule has 7 nitrogen and oxygen atoms in total. The van der Waals surface area contributed by atoms with Gasteiger partial charge in [-0.15, -0.1) is 0 Å². The van der Waals surface area contributed by atoms with Gasteiger partial charge in [0, 0.05) is 31.0 Å². The number of carbonyl (C=O) groups is 1. The van der Waals surface area contributed by atoms with Crippen LogP contribution >= 0.6 is 0 Å². The summed E-state index contributed by atoms with van der Waals surface area (Å²) in [7, 11) is -3.65. The third-order valence-electron chi connectivity index (χ3n) is 6.69. The molecule has 162 valence electrons. The molecule has 1 aliphatic carbocycles. The van der Waals surface area contributed by atoms with Gasteiger partial charge in [0.1, 0.15) is 10.6 Å². The maximum atomic E-state index is 13.0. The molecule has 2 aliphatic rings. The number of hydrogen-bond donors (Lipinski definition) is 1. The Hall–Kier alpha value is -2.19. The first kappa shape index (κ1) is 21.1. The Morgan fingerprint density at radius 1 is 1.20 bits per heavy atom. The predicted octanol–water partition coefficient (Wildman–Crippen LogP) is 2.93. The van der Waals surface area contributed by atoms with Crippen LogP contribution in [0, 0.1) is 19.8 Å². The van der Waals surface area contributed by atoms with Crippen LogP contribution in [0.15, 0.2) is 39.8 Å². The number of aromatic nitrogens is 1. The monoisotopic (exact) mass is 431 g/mol. The number of piperidine rings is 1. The summed E-state index contributed by atoms with van der Waals surface area (Å²) < 4.78 is 32.4. The van der Waals surface area contributed by atoms with E-state index in [0.29, 0.717) is 43.9 Å². The van der Waals surface area contributed by atoms with Crippen molar-refractivity contribution < 1.29 is 17.7 Å². The lowest BCUT2D eigenvalue weighted by atomic mass is 9.64. The van der Waals surface area contributed by atoms with Crippen LogP contribution in [0.4, 0.5) is 0 Å². The van der Waals surface area contributed by atoms with Crippen LogP contribution < -0.4 is 5.32 Å². The van der Waals surface area contributed by atoms with E-state index in [4.69, 9.17) is 4.52 Å². The molecule has 1 aliphatic heterocycles. The summed E-state index contributed by atoms with van der Waals surface area (Å²) in [5.41, 5.74) is 1.71. The molecule has 1 aromatic heterocycles. The van der Waals surface area contributed by atoms with E-state index in [2.05, 4.69) is 22.6 Å². The molecule has 1 N–H and O–H groups in total. The van der Waals surface area contributed by atoms with Crippen molar-refractivity contribution in [2.45, 2.75) is 56.3 Å². The Bertz CT molecular complexity index is 985. The molecule has 2 fully saturated rings. The van der Waals surface area contributed by atoms with Gasteiger partial charge in [-0.1, -0.05) is 41.9 Å². The van der Waals surface area contributed by atoms with Crippen molar-refractivity contribution in [3.8, 4) is 0 Å². The highest BCUT2D eigenvalue weighted by molar-refractivity contribution is 7.89. The number of aryl methyl sites for hydroxylation is 2. The van der Waals surface area contributed by atoms with Crippen LogP contribution in [0.2, 0.25) is 0 Å². The van der Waals surface area contributed by atoms with Crippen LogP contribution in [0.3, 0.4) is 0 Å². The minimum absolute atomic E-state index is 0.0339. The lowest BCUT2D eigenvalue weighted by Crippen LogP contribution is -2.48. The summed E-state index contributed by atoms with van der Waals surface area (Å²) in [6, 6.07) is 10.4. The second-order valence-electron chi connectivity index (χ2n) is 8.55. The van der Waals surface area contributed by atoms with Gasteiger partial charge in [-0.3, -0.25) is 4.79 Å². The number of nitrogens with one attached hydrogen (secondary N) is 1. The molecule has 0 bridgehead atoms. The van der Waals surface area contributed by atoms with E-state index in [1.165, 1.54) is 16.3 Å². The number of rotatable bonds is 6. The molecule has 0 radical (unpaired) electrons. The molecular weight excluding hydrogens is 402 g/mol. The highest BCUT2D eigenvalue weighted by Crippen LogP contribution is 2.43. The zero-order valence-electron chi connectivity index (χ0n) is 17.6. The average molecular weight is 432 g/mol. The van der Waals surface area contributed by atoms with Gasteiger partial charge in [-0.25, -0.2) is 8.42 Å². The van der Waals surface area contributed by atoms with Crippen molar-refractivity contribution in [1.82, 2.24) is 14.8 Å². The van der Waals surface area contributed by atoms with Gasteiger partial charge in [0.2, 0.25) is 15.9 Å². The molecule has 1 aromatic carbocycles.